The van der Waals surface area contributed by atoms with Crippen LogP contribution >= 0.6 is 0 Å². The Bertz CT molecular complexity index is 281. The van der Waals surface area contributed by atoms with Crippen molar-refractivity contribution in [3.8, 4) is 0 Å². The van der Waals surface area contributed by atoms with Crippen LogP contribution in [0, 0.1) is 5.92 Å². The number of hydrogen-bond donors (Lipinski definition) is 2. The van der Waals surface area contributed by atoms with Gasteiger partial charge >= 0.3 is 11.8 Å². The van der Waals surface area contributed by atoms with Gasteiger partial charge in [0.2, 0.25) is 0 Å². The largest absolute Gasteiger partial charge is 0.347 e. The van der Waals surface area contributed by atoms with Crippen molar-refractivity contribution >= 4 is 11.8 Å². The van der Waals surface area contributed by atoms with E-state index in [4.69, 9.17) is 5.73 Å². The van der Waals surface area contributed by atoms with Gasteiger partial charge in [-0.2, -0.15) is 0 Å². The lowest BCUT2D eigenvalue weighted by atomic mass is 9.85. The molecule has 0 bridgehead atoms. The highest BCUT2D eigenvalue weighted by atomic mass is 16.2. The van der Waals surface area contributed by atoms with E-state index in [0.29, 0.717) is 19.0 Å². The van der Waals surface area contributed by atoms with Crippen molar-refractivity contribution in [1.82, 2.24) is 10.2 Å². The van der Waals surface area contributed by atoms with Crippen molar-refractivity contribution in [2.24, 2.45) is 11.7 Å². The molecule has 0 aromatic rings. The third kappa shape index (κ3) is 3.70. The monoisotopic (exact) mass is 241 g/mol. The number of carbonyl (C=O) groups is 2. The van der Waals surface area contributed by atoms with Crippen LogP contribution in [-0.4, -0.2) is 42.9 Å². The molecule has 0 saturated heterocycles. The fourth-order valence-electron chi connectivity index (χ4n) is 2.44. The predicted molar refractivity (Wildman–Crippen MR) is 66.3 cm³/mol. The highest BCUT2D eigenvalue weighted by molar-refractivity contribution is 6.35. The molecule has 3 N–H and O–H groups in total. The molecule has 5 nitrogen and oxygen atoms in total. The minimum atomic E-state index is -0.546. The average Bonchev–Trinajstić information content (AvgIpc) is 2.34. The van der Waals surface area contributed by atoms with Gasteiger partial charge in [-0.1, -0.05) is 19.8 Å². The molecular formula is C12H23N3O2. The quantitative estimate of drug-likeness (QED) is 0.688. The summed E-state index contributed by atoms with van der Waals surface area (Å²) in [5.41, 5.74) is 5.28. The van der Waals surface area contributed by atoms with Gasteiger partial charge in [0.05, 0.1) is 0 Å². The molecule has 0 aromatic heterocycles. The van der Waals surface area contributed by atoms with Crippen LogP contribution in [0.15, 0.2) is 0 Å². The van der Waals surface area contributed by atoms with Crippen molar-refractivity contribution in [3.05, 3.63) is 0 Å². The second-order valence-corrected chi connectivity index (χ2v) is 4.79. The van der Waals surface area contributed by atoms with E-state index >= 15 is 0 Å². The molecule has 98 valence electrons. The maximum absolute atomic E-state index is 11.9. The minimum absolute atomic E-state index is 0.194. The molecule has 0 aromatic carbocycles. The Labute approximate surface area is 103 Å². The van der Waals surface area contributed by atoms with Crippen LogP contribution in [0.25, 0.3) is 0 Å². The lowest BCUT2D eigenvalue weighted by Crippen LogP contribution is -2.49. The molecule has 1 saturated carbocycles. The molecule has 5 heteroatoms. The van der Waals surface area contributed by atoms with Crippen LogP contribution in [0.1, 0.15) is 32.6 Å². The molecule has 1 aliphatic carbocycles. The Balaban J connectivity index is 2.52. The van der Waals surface area contributed by atoms with Gasteiger partial charge in [0, 0.05) is 26.2 Å². The summed E-state index contributed by atoms with van der Waals surface area (Å²) in [4.78, 5) is 25.0. The first-order valence-electron chi connectivity index (χ1n) is 6.33. The minimum Gasteiger partial charge on any atom is -0.347 e. The number of likely N-dealkylation sites (N-methyl/N-ethyl adjacent to an activating group) is 1. The van der Waals surface area contributed by atoms with E-state index in [2.05, 4.69) is 12.2 Å². The molecule has 2 amide bonds. The van der Waals surface area contributed by atoms with Crippen LogP contribution in [0.5, 0.6) is 0 Å². The third-order valence-electron chi connectivity index (χ3n) is 3.51. The first kappa shape index (κ1) is 14.0. The first-order valence-corrected chi connectivity index (χ1v) is 6.33. The van der Waals surface area contributed by atoms with Gasteiger partial charge in [-0.3, -0.25) is 9.59 Å². The first-order chi connectivity index (χ1) is 8.07. The second kappa shape index (κ2) is 6.59. The third-order valence-corrected chi connectivity index (χ3v) is 3.51. The number of carbonyl (C=O) groups excluding carboxylic acids is 2. The van der Waals surface area contributed by atoms with Gasteiger partial charge in [-0.25, -0.2) is 0 Å². The molecule has 0 spiro atoms. The number of nitrogens with one attached hydrogen (secondary N) is 1. The van der Waals surface area contributed by atoms with Crippen molar-refractivity contribution in [2.45, 2.75) is 38.6 Å². The van der Waals surface area contributed by atoms with Crippen molar-refractivity contribution in [3.63, 3.8) is 0 Å². The Kier molecular flexibility index (Phi) is 5.41. The summed E-state index contributed by atoms with van der Waals surface area (Å²) in [7, 11) is 1.72. The van der Waals surface area contributed by atoms with Gasteiger partial charge in [0.1, 0.15) is 0 Å². The van der Waals surface area contributed by atoms with E-state index in [1.54, 1.807) is 11.9 Å². The molecule has 1 fully saturated rings. The van der Waals surface area contributed by atoms with Gasteiger partial charge in [-0.05, 0) is 18.8 Å². The van der Waals surface area contributed by atoms with E-state index in [-0.39, 0.29) is 6.04 Å². The van der Waals surface area contributed by atoms with E-state index in [9.17, 15) is 9.59 Å². The van der Waals surface area contributed by atoms with Crippen LogP contribution < -0.4 is 11.1 Å². The molecule has 17 heavy (non-hydrogen) atoms. The molecule has 0 aliphatic heterocycles. The van der Waals surface area contributed by atoms with Gasteiger partial charge < -0.3 is 16.0 Å². The van der Waals surface area contributed by atoms with Crippen LogP contribution in [0.3, 0.4) is 0 Å². The average molecular weight is 241 g/mol. The standard InChI is InChI=1S/C12H23N3O2/c1-9-5-3-4-6-10(9)15(2)12(17)11(16)14-8-7-13/h9-10H,3-8,13H2,1-2H3,(H,14,16). The van der Waals surface area contributed by atoms with Crippen molar-refractivity contribution < 1.29 is 9.59 Å². The molecule has 1 aliphatic rings. The summed E-state index contributed by atoms with van der Waals surface area (Å²) in [6.45, 7) is 2.84. The Morgan fingerprint density at radius 1 is 1.35 bits per heavy atom. The lowest BCUT2D eigenvalue weighted by molar-refractivity contribution is -0.147. The van der Waals surface area contributed by atoms with Crippen LogP contribution in [0.2, 0.25) is 0 Å². The van der Waals surface area contributed by atoms with Gasteiger partial charge in [0.25, 0.3) is 0 Å². The van der Waals surface area contributed by atoms with Crippen LogP contribution in [0.4, 0.5) is 0 Å². The molecule has 0 radical (unpaired) electrons. The Morgan fingerprint density at radius 2 is 2.00 bits per heavy atom. The zero-order valence-corrected chi connectivity index (χ0v) is 10.7. The smallest absolute Gasteiger partial charge is 0.311 e. The summed E-state index contributed by atoms with van der Waals surface area (Å²) in [6.07, 6.45) is 4.48. The fraction of sp³-hybridized carbons (Fsp3) is 0.833. The topological polar surface area (TPSA) is 75.4 Å². The molecule has 2 unspecified atom stereocenters. The Hall–Kier alpha value is -1.10. The molecule has 0 heterocycles. The number of rotatable bonds is 3. The normalized spacial score (nSPS) is 24.2. The van der Waals surface area contributed by atoms with E-state index in [0.717, 1.165) is 19.3 Å². The zero-order chi connectivity index (χ0) is 12.8. The number of amides is 2. The van der Waals surface area contributed by atoms with Crippen molar-refractivity contribution in [1.29, 1.82) is 0 Å². The number of nitrogens with two attached hydrogens (primary N) is 1. The summed E-state index contributed by atoms with van der Waals surface area (Å²) < 4.78 is 0. The molecule has 1 rings (SSSR count). The van der Waals surface area contributed by atoms with Gasteiger partial charge in [-0.15, -0.1) is 0 Å². The molecule has 2 atom stereocenters. The highest BCUT2D eigenvalue weighted by Crippen LogP contribution is 2.27. The summed E-state index contributed by atoms with van der Waals surface area (Å²) >= 11 is 0. The fourth-order valence-corrected chi connectivity index (χ4v) is 2.44. The van der Waals surface area contributed by atoms with E-state index < -0.39 is 11.8 Å². The summed E-state index contributed by atoms with van der Waals surface area (Å²) in [6, 6.07) is 0.194. The Morgan fingerprint density at radius 3 is 2.59 bits per heavy atom. The maximum atomic E-state index is 11.9. The SMILES string of the molecule is CC1CCCCC1N(C)C(=O)C(=O)NCCN. The van der Waals surface area contributed by atoms with Gasteiger partial charge in [0.15, 0.2) is 0 Å². The van der Waals surface area contributed by atoms with Crippen LogP contribution in [-0.2, 0) is 9.59 Å². The summed E-state index contributed by atoms with van der Waals surface area (Å²) in [5, 5.41) is 2.51. The van der Waals surface area contributed by atoms with E-state index in [1.165, 1.54) is 6.42 Å². The van der Waals surface area contributed by atoms with E-state index in [1.807, 2.05) is 0 Å². The predicted octanol–water partition coefficient (Wildman–Crippen LogP) is 0.0984. The highest BCUT2D eigenvalue weighted by Gasteiger charge is 2.30. The molecular weight excluding hydrogens is 218 g/mol. The second-order valence-electron chi connectivity index (χ2n) is 4.79. The number of nitrogens with zero attached hydrogens (tertiary/aromatic N) is 1. The lowest BCUT2D eigenvalue weighted by Gasteiger charge is -2.35. The van der Waals surface area contributed by atoms with Crippen molar-refractivity contribution in [2.75, 3.05) is 20.1 Å². The maximum Gasteiger partial charge on any atom is 0.311 e. The zero-order valence-electron chi connectivity index (χ0n) is 10.7. The number of hydrogen-bond acceptors (Lipinski definition) is 3. The summed E-state index contributed by atoms with van der Waals surface area (Å²) in [5.74, 6) is -0.520.